The van der Waals surface area contributed by atoms with Gasteiger partial charge < -0.3 is 10.4 Å². The molecule has 1 aromatic rings. The number of benzene rings is 1. The third-order valence-corrected chi connectivity index (χ3v) is 5.73. The van der Waals surface area contributed by atoms with Crippen LogP contribution >= 0.6 is 0 Å². The van der Waals surface area contributed by atoms with Gasteiger partial charge in [0, 0.05) is 12.1 Å². The summed E-state index contributed by atoms with van der Waals surface area (Å²) in [6, 6.07) is 11.5. The summed E-state index contributed by atoms with van der Waals surface area (Å²) in [6.45, 7) is 0. The number of nitriles is 1. The molecule has 20 heavy (non-hydrogen) atoms. The highest BCUT2D eigenvalue weighted by Crippen LogP contribution is 2.52. The maximum atomic E-state index is 11.4. The van der Waals surface area contributed by atoms with Gasteiger partial charge in [-0.3, -0.25) is 0 Å². The first-order chi connectivity index (χ1) is 9.67. The van der Waals surface area contributed by atoms with Crippen molar-refractivity contribution < 1.29 is 5.11 Å². The van der Waals surface area contributed by atoms with E-state index in [1.54, 1.807) is 0 Å². The molecule has 1 aliphatic carbocycles. The molecular formula is C17H20N2O. The molecule has 2 aliphatic heterocycles. The van der Waals surface area contributed by atoms with Crippen LogP contribution in [0.5, 0.6) is 0 Å². The average molecular weight is 268 g/mol. The highest BCUT2D eigenvalue weighted by molar-refractivity contribution is 5.48. The summed E-state index contributed by atoms with van der Waals surface area (Å²) in [4.78, 5) is 0. The van der Waals surface area contributed by atoms with Crippen LogP contribution in [0.25, 0.3) is 0 Å². The third kappa shape index (κ3) is 1.47. The molecule has 0 aromatic heterocycles. The van der Waals surface area contributed by atoms with Crippen molar-refractivity contribution in [1.82, 2.24) is 5.32 Å². The Balaban J connectivity index is 1.82. The Morgan fingerprint density at radius 1 is 1.20 bits per heavy atom. The molecule has 2 N–H and O–H groups in total. The summed E-state index contributed by atoms with van der Waals surface area (Å²) >= 11 is 0. The minimum Gasteiger partial charge on any atom is -0.388 e. The number of rotatable bonds is 1. The fourth-order valence-electron chi connectivity index (χ4n) is 4.79. The quantitative estimate of drug-likeness (QED) is 0.819. The molecule has 2 saturated heterocycles. The second kappa shape index (κ2) is 4.07. The van der Waals surface area contributed by atoms with Gasteiger partial charge in [0.2, 0.25) is 0 Å². The van der Waals surface area contributed by atoms with Gasteiger partial charge in [0.1, 0.15) is 5.41 Å². The van der Waals surface area contributed by atoms with E-state index in [1.165, 1.54) is 5.56 Å². The van der Waals surface area contributed by atoms with Crippen LogP contribution in [0.2, 0.25) is 0 Å². The predicted octanol–water partition coefficient (Wildman–Crippen LogP) is 2.04. The highest BCUT2D eigenvalue weighted by Gasteiger charge is 2.58. The van der Waals surface area contributed by atoms with Gasteiger partial charge >= 0.3 is 0 Å². The Bertz CT molecular complexity index is 579. The summed E-state index contributed by atoms with van der Waals surface area (Å²) in [5.41, 5.74) is 0.748. The second-order valence-electron chi connectivity index (χ2n) is 6.75. The minimum absolute atomic E-state index is 0.386. The number of hydrogen-bond donors (Lipinski definition) is 2. The molecule has 4 rings (SSSR count). The van der Waals surface area contributed by atoms with Crippen molar-refractivity contribution in [3.63, 3.8) is 0 Å². The van der Waals surface area contributed by atoms with E-state index in [-0.39, 0.29) is 0 Å². The van der Waals surface area contributed by atoms with Gasteiger partial charge in [-0.1, -0.05) is 24.3 Å². The molecule has 2 bridgehead atoms. The first-order valence-corrected chi connectivity index (χ1v) is 7.65. The zero-order valence-corrected chi connectivity index (χ0v) is 11.6. The molecule has 1 aromatic carbocycles. The van der Waals surface area contributed by atoms with Crippen molar-refractivity contribution in [2.45, 2.75) is 61.6 Å². The first-order valence-electron chi connectivity index (χ1n) is 7.65. The number of aliphatic hydroxyl groups is 1. The zero-order chi connectivity index (χ0) is 13.8. The summed E-state index contributed by atoms with van der Waals surface area (Å²) in [5, 5.41) is 24.9. The van der Waals surface area contributed by atoms with Crippen molar-refractivity contribution in [3.8, 4) is 6.07 Å². The number of aryl methyl sites for hydroxylation is 1. The van der Waals surface area contributed by atoms with Gasteiger partial charge in [-0.05, 0) is 49.7 Å². The van der Waals surface area contributed by atoms with E-state index in [0.29, 0.717) is 24.9 Å². The van der Waals surface area contributed by atoms with Gasteiger partial charge in [0.15, 0.2) is 0 Å². The summed E-state index contributed by atoms with van der Waals surface area (Å²) in [6.07, 6.45) is 5.37. The average Bonchev–Trinajstić information content (AvgIpc) is 3.00. The standard InChI is InChI=1S/C17H20N2O/c18-11-16(8-7-12-3-1-2-4-15(12)16)17(20)9-13-5-6-14(10-17)19-13/h1-4,13-14,19-20H,5-10H2. The van der Waals surface area contributed by atoms with Crippen molar-refractivity contribution in [2.75, 3.05) is 0 Å². The number of hydrogen-bond acceptors (Lipinski definition) is 3. The molecule has 3 nitrogen and oxygen atoms in total. The smallest absolute Gasteiger partial charge is 0.111 e. The zero-order valence-electron chi connectivity index (χ0n) is 11.6. The van der Waals surface area contributed by atoms with Crippen LogP contribution in [0, 0.1) is 11.3 Å². The fourth-order valence-corrected chi connectivity index (χ4v) is 4.79. The van der Waals surface area contributed by atoms with Crippen LogP contribution in [0.1, 0.15) is 43.2 Å². The Labute approximate surface area is 119 Å². The topological polar surface area (TPSA) is 56.0 Å². The Kier molecular flexibility index (Phi) is 2.52. The number of piperidine rings is 1. The van der Waals surface area contributed by atoms with Crippen LogP contribution in [-0.2, 0) is 11.8 Å². The molecule has 0 saturated carbocycles. The molecule has 3 heteroatoms. The van der Waals surface area contributed by atoms with Crippen LogP contribution in [0.3, 0.4) is 0 Å². The van der Waals surface area contributed by atoms with Crippen molar-refractivity contribution in [1.29, 1.82) is 5.26 Å². The predicted molar refractivity (Wildman–Crippen MR) is 76.2 cm³/mol. The van der Waals surface area contributed by atoms with Crippen molar-refractivity contribution in [2.24, 2.45) is 0 Å². The molecule has 0 radical (unpaired) electrons. The third-order valence-electron chi connectivity index (χ3n) is 5.73. The highest BCUT2D eigenvalue weighted by atomic mass is 16.3. The molecule has 3 aliphatic rings. The van der Waals surface area contributed by atoms with Crippen molar-refractivity contribution in [3.05, 3.63) is 35.4 Å². The minimum atomic E-state index is -0.870. The monoisotopic (exact) mass is 268 g/mol. The van der Waals surface area contributed by atoms with E-state index >= 15 is 0 Å². The van der Waals surface area contributed by atoms with Crippen molar-refractivity contribution >= 4 is 0 Å². The van der Waals surface area contributed by atoms with Crippen LogP contribution in [-0.4, -0.2) is 22.8 Å². The Morgan fingerprint density at radius 2 is 1.90 bits per heavy atom. The number of nitrogens with one attached hydrogen (secondary N) is 1. The second-order valence-corrected chi connectivity index (χ2v) is 6.75. The van der Waals surface area contributed by atoms with Gasteiger partial charge in [0.25, 0.3) is 0 Å². The van der Waals surface area contributed by atoms with E-state index in [1.807, 2.05) is 18.2 Å². The summed E-state index contributed by atoms with van der Waals surface area (Å²) < 4.78 is 0. The number of fused-ring (bicyclic) bond motifs is 3. The lowest BCUT2D eigenvalue weighted by atomic mass is 9.63. The Morgan fingerprint density at radius 3 is 2.60 bits per heavy atom. The van der Waals surface area contributed by atoms with Gasteiger partial charge in [-0.15, -0.1) is 0 Å². The van der Waals surface area contributed by atoms with E-state index < -0.39 is 11.0 Å². The molecule has 2 heterocycles. The molecule has 3 atom stereocenters. The summed E-state index contributed by atoms with van der Waals surface area (Å²) in [5.74, 6) is 0. The van der Waals surface area contributed by atoms with E-state index in [9.17, 15) is 10.4 Å². The molecule has 0 spiro atoms. The summed E-state index contributed by atoms with van der Waals surface area (Å²) in [7, 11) is 0. The largest absolute Gasteiger partial charge is 0.388 e. The number of nitrogens with zero attached hydrogens (tertiary/aromatic N) is 1. The van der Waals surface area contributed by atoms with Crippen LogP contribution in [0.4, 0.5) is 0 Å². The van der Waals surface area contributed by atoms with Gasteiger partial charge in [0.05, 0.1) is 11.7 Å². The lowest BCUT2D eigenvalue weighted by Gasteiger charge is -2.46. The SMILES string of the molecule is N#CC1(C2(O)CC3CCC(C2)N3)CCc2ccccc21. The van der Waals surface area contributed by atoms with E-state index in [0.717, 1.165) is 31.2 Å². The Hall–Kier alpha value is -1.37. The molecule has 3 unspecified atom stereocenters. The van der Waals surface area contributed by atoms with E-state index in [2.05, 4.69) is 17.5 Å². The molecule has 2 fully saturated rings. The first kappa shape index (κ1) is 12.4. The fraction of sp³-hybridized carbons (Fsp3) is 0.588. The van der Waals surface area contributed by atoms with Gasteiger partial charge in [-0.2, -0.15) is 5.26 Å². The van der Waals surface area contributed by atoms with Crippen LogP contribution in [0.15, 0.2) is 24.3 Å². The molecule has 0 amide bonds. The maximum Gasteiger partial charge on any atom is 0.111 e. The molecule has 104 valence electrons. The van der Waals surface area contributed by atoms with E-state index in [4.69, 9.17) is 0 Å². The maximum absolute atomic E-state index is 11.4. The van der Waals surface area contributed by atoms with Gasteiger partial charge in [-0.25, -0.2) is 0 Å². The lowest BCUT2D eigenvalue weighted by molar-refractivity contribution is -0.0559. The lowest BCUT2D eigenvalue weighted by Crippen LogP contribution is -2.58. The van der Waals surface area contributed by atoms with Crippen LogP contribution < -0.4 is 5.32 Å². The normalized spacial score (nSPS) is 42.2. The molecular weight excluding hydrogens is 248 g/mol.